The summed E-state index contributed by atoms with van der Waals surface area (Å²) in [6, 6.07) is 15.7. The number of urea groups is 1. The van der Waals surface area contributed by atoms with Gasteiger partial charge in [-0.1, -0.05) is 24.3 Å². The fourth-order valence-electron chi connectivity index (χ4n) is 2.99. The highest BCUT2D eigenvalue weighted by Gasteiger charge is 2.18. The van der Waals surface area contributed by atoms with Crippen molar-refractivity contribution >= 4 is 21.8 Å². The molecular formula is C23H26N2O5S. The quantitative estimate of drug-likeness (QED) is 0.503. The zero-order chi connectivity index (χ0) is 22.4. The average molecular weight is 443 g/mol. The van der Waals surface area contributed by atoms with E-state index in [0.29, 0.717) is 5.76 Å². The second-order valence-electron chi connectivity index (χ2n) is 7.19. The van der Waals surface area contributed by atoms with Crippen molar-refractivity contribution in [3.63, 3.8) is 0 Å². The number of anilines is 1. The van der Waals surface area contributed by atoms with Gasteiger partial charge in [0.2, 0.25) is 0 Å². The molecule has 1 aromatic heterocycles. The van der Waals surface area contributed by atoms with Gasteiger partial charge < -0.3 is 18.8 Å². The molecule has 3 aromatic rings. The predicted molar refractivity (Wildman–Crippen MR) is 119 cm³/mol. The molecule has 0 fully saturated rings. The minimum absolute atomic E-state index is 0.125. The van der Waals surface area contributed by atoms with Crippen LogP contribution >= 0.6 is 0 Å². The molecule has 7 nitrogen and oxygen atoms in total. The van der Waals surface area contributed by atoms with E-state index < -0.39 is 10.1 Å². The first-order chi connectivity index (χ1) is 14.8. The normalized spacial score (nSPS) is 11.2. The number of furan rings is 1. The molecule has 2 aromatic carbocycles. The molecule has 0 aliphatic heterocycles. The van der Waals surface area contributed by atoms with Crippen molar-refractivity contribution in [2.75, 3.05) is 11.1 Å². The molecule has 0 radical (unpaired) electrons. The lowest BCUT2D eigenvalue weighted by Crippen LogP contribution is -2.34. The van der Waals surface area contributed by atoms with E-state index in [1.54, 1.807) is 41.5 Å². The summed E-state index contributed by atoms with van der Waals surface area (Å²) in [6.45, 7) is 5.95. The molecule has 0 aliphatic carbocycles. The van der Waals surface area contributed by atoms with Crippen LogP contribution in [-0.4, -0.2) is 25.1 Å². The highest BCUT2D eigenvalue weighted by atomic mass is 32.2. The van der Waals surface area contributed by atoms with Gasteiger partial charge in [0, 0.05) is 12.2 Å². The van der Waals surface area contributed by atoms with Crippen molar-refractivity contribution in [3.05, 3.63) is 83.3 Å². The van der Waals surface area contributed by atoms with E-state index >= 15 is 0 Å². The van der Waals surface area contributed by atoms with E-state index in [9.17, 15) is 13.2 Å². The number of hydrogen-bond donors (Lipinski definition) is 1. The Kier molecular flexibility index (Phi) is 7.02. The topological polar surface area (TPSA) is 88.9 Å². The summed E-state index contributed by atoms with van der Waals surface area (Å²) < 4.78 is 34.1. The van der Waals surface area contributed by atoms with Crippen LogP contribution in [0.15, 0.2) is 65.3 Å². The summed E-state index contributed by atoms with van der Waals surface area (Å²) >= 11 is 0. The Morgan fingerprint density at radius 3 is 2.55 bits per heavy atom. The smallest absolute Gasteiger partial charge is 0.322 e. The molecule has 2 amide bonds. The molecule has 1 N–H and O–H groups in total. The average Bonchev–Trinajstić information content (AvgIpc) is 3.24. The molecule has 0 bridgehead atoms. The van der Waals surface area contributed by atoms with E-state index in [-0.39, 0.29) is 30.6 Å². The third kappa shape index (κ3) is 6.11. The van der Waals surface area contributed by atoms with Crippen molar-refractivity contribution in [2.45, 2.75) is 33.9 Å². The zero-order valence-electron chi connectivity index (χ0n) is 17.8. The molecule has 0 unspecified atom stereocenters. The molecule has 0 saturated carbocycles. The number of carbonyl (C=O) groups is 1. The van der Waals surface area contributed by atoms with Gasteiger partial charge in [-0.2, -0.15) is 8.42 Å². The van der Waals surface area contributed by atoms with Gasteiger partial charge in [-0.05, 0) is 67.8 Å². The summed E-state index contributed by atoms with van der Waals surface area (Å²) in [7, 11) is -3.63. The van der Waals surface area contributed by atoms with Gasteiger partial charge >= 0.3 is 16.1 Å². The Labute approximate surface area is 182 Å². The fraction of sp³-hybridized carbons (Fsp3) is 0.261. The number of nitrogens with one attached hydrogen (secondary N) is 1. The Morgan fingerprint density at radius 2 is 1.84 bits per heavy atom. The molecule has 31 heavy (non-hydrogen) atoms. The number of nitrogens with zero attached hydrogens (tertiary/aromatic N) is 1. The van der Waals surface area contributed by atoms with Crippen molar-refractivity contribution in [3.8, 4) is 5.75 Å². The van der Waals surface area contributed by atoms with Crippen molar-refractivity contribution in [1.82, 2.24) is 4.90 Å². The lowest BCUT2D eigenvalue weighted by atomic mass is 10.1. The Bertz CT molecular complexity index is 1140. The van der Waals surface area contributed by atoms with E-state index in [0.717, 1.165) is 22.4 Å². The number of rotatable bonds is 8. The highest BCUT2D eigenvalue weighted by Crippen LogP contribution is 2.21. The first kappa shape index (κ1) is 22.4. The summed E-state index contributed by atoms with van der Waals surface area (Å²) in [5.74, 6) is 0.726. The van der Waals surface area contributed by atoms with Gasteiger partial charge in [0.15, 0.2) is 0 Å². The van der Waals surface area contributed by atoms with E-state index in [1.165, 1.54) is 6.92 Å². The number of carbonyl (C=O) groups excluding carboxylic acids is 1. The summed E-state index contributed by atoms with van der Waals surface area (Å²) in [4.78, 5) is 14.7. The molecular weight excluding hydrogens is 416 g/mol. The molecule has 0 saturated heterocycles. The minimum Gasteiger partial charge on any atom is -0.467 e. The number of hydrogen-bond acceptors (Lipinski definition) is 5. The predicted octanol–water partition coefficient (Wildman–Crippen LogP) is 4.86. The number of benzene rings is 2. The van der Waals surface area contributed by atoms with Crippen LogP contribution in [0.2, 0.25) is 0 Å². The largest absolute Gasteiger partial charge is 0.467 e. The van der Waals surface area contributed by atoms with Gasteiger partial charge in [0.1, 0.15) is 11.5 Å². The Morgan fingerprint density at radius 1 is 1.06 bits per heavy atom. The molecule has 8 heteroatoms. The van der Waals surface area contributed by atoms with E-state index in [4.69, 9.17) is 8.60 Å². The monoisotopic (exact) mass is 442 g/mol. The lowest BCUT2D eigenvalue weighted by Gasteiger charge is -2.23. The van der Waals surface area contributed by atoms with Crippen LogP contribution in [0.4, 0.5) is 10.5 Å². The first-order valence-electron chi connectivity index (χ1n) is 9.93. The molecule has 3 rings (SSSR count). The maximum absolute atomic E-state index is 13.1. The molecule has 0 aliphatic rings. The van der Waals surface area contributed by atoms with Crippen LogP contribution in [0, 0.1) is 13.8 Å². The van der Waals surface area contributed by atoms with Gasteiger partial charge in [0.05, 0.1) is 18.6 Å². The number of aryl methyl sites for hydroxylation is 1. The maximum atomic E-state index is 13.1. The maximum Gasteiger partial charge on any atom is 0.322 e. The zero-order valence-corrected chi connectivity index (χ0v) is 18.6. The highest BCUT2D eigenvalue weighted by molar-refractivity contribution is 7.87. The van der Waals surface area contributed by atoms with Crippen molar-refractivity contribution in [2.24, 2.45) is 0 Å². The fourth-order valence-corrected chi connectivity index (χ4v) is 3.51. The SMILES string of the molecule is CCS(=O)(=O)Oc1cccc(CN(Cc2ccco2)C(=O)Nc2cccc(C)c2C)c1. The van der Waals surface area contributed by atoms with E-state index in [1.807, 2.05) is 38.1 Å². The van der Waals surface area contributed by atoms with Crippen LogP contribution in [0.5, 0.6) is 5.75 Å². The van der Waals surface area contributed by atoms with Crippen LogP contribution in [0.1, 0.15) is 29.4 Å². The molecule has 0 atom stereocenters. The third-order valence-electron chi connectivity index (χ3n) is 4.91. The van der Waals surface area contributed by atoms with Crippen molar-refractivity contribution in [1.29, 1.82) is 0 Å². The minimum atomic E-state index is -3.63. The third-order valence-corrected chi connectivity index (χ3v) is 6.06. The number of amides is 2. The Balaban J connectivity index is 1.82. The van der Waals surface area contributed by atoms with Gasteiger partial charge in [-0.25, -0.2) is 4.79 Å². The van der Waals surface area contributed by atoms with Crippen LogP contribution in [0.25, 0.3) is 0 Å². The van der Waals surface area contributed by atoms with Crippen molar-refractivity contribution < 1.29 is 21.8 Å². The summed E-state index contributed by atoms with van der Waals surface area (Å²) in [5.41, 5.74) is 3.54. The van der Waals surface area contributed by atoms with Gasteiger partial charge in [-0.3, -0.25) is 0 Å². The molecule has 164 valence electrons. The van der Waals surface area contributed by atoms with Crippen LogP contribution < -0.4 is 9.50 Å². The van der Waals surface area contributed by atoms with Gasteiger partial charge in [-0.15, -0.1) is 0 Å². The van der Waals surface area contributed by atoms with Crippen LogP contribution in [0.3, 0.4) is 0 Å². The summed E-state index contributed by atoms with van der Waals surface area (Å²) in [5, 5.41) is 2.96. The standard InChI is InChI=1S/C23H26N2O5S/c1-4-31(27,28)30-20-10-6-9-19(14-20)15-25(16-21-11-7-13-29-21)23(26)24-22-12-5-8-17(2)18(22)3/h5-14H,4,15-16H2,1-3H3,(H,24,26). The Hall–Kier alpha value is -3.26. The van der Waals surface area contributed by atoms with E-state index in [2.05, 4.69) is 5.32 Å². The second-order valence-corrected chi connectivity index (χ2v) is 9.05. The first-order valence-corrected chi connectivity index (χ1v) is 11.5. The molecule has 0 spiro atoms. The van der Waals surface area contributed by atoms with Gasteiger partial charge in [0.25, 0.3) is 0 Å². The molecule has 1 heterocycles. The van der Waals surface area contributed by atoms with Crippen LogP contribution in [-0.2, 0) is 23.2 Å². The lowest BCUT2D eigenvalue weighted by molar-refractivity contribution is 0.201. The second kappa shape index (κ2) is 9.70. The summed E-state index contributed by atoms with van der Waals surface area (Å²) in [6.07, 6.45) is 1.56.